The Balaban J connectivity index is 1.90. The summed E-state index contributed by atoms with van der Waals surface area (Å²) in [6.45, 7) is 16.4. The highest BCUT2D eigenvalue weighted by atomic mass is 16.3. The van der Waals surface area contributed by atoms with Crippen molar-refractivity contribution >= 4 is 5.96 Å². The van der Waals surface area contributed by atoms with Gasteiger partial charge in [0.15, 0.2) is 5.96 Å². The van der Waals surface area contributed by atoms with Gasteiger partial charge in [-0.1, -0.05) is 19.1 Å². The lowest BCUT2D eigenvalue weighted by Gasteiger charge is -2.22. The van der Waals surface area contributed by atoms with E-state index in [0.29, 0.717) is 24.5 Å². The van der Waals surface area contributed by atoms with Gasteiger partial charge in [-0.2, -0.15) is 0 Å². The van der Waals surface area contributed by atoms with E-state index in [0.717, 1.165) is 43.3 Å². The maximum Gasteiger partial charge on any atom is 0.191 e. The number of likely N-dealkylation sites (tertiary alicyclic amines) is 1. The number of rotatable bonds is 7. The summed E-state index contributed by atoms with van der Waals surface area (Å²) in [4.78, 5) is 7.17. The monoisotopic (exact) mass is 332 g/mol. The summed E-state index contributed by atoms with van der Waals surface area (Å²) in [6.07, 6.45) is 2.56. The Morgan fingerprint density at radius 2 is 2.25 bits per heavy atom. The summed E-state index contributed by atoms with van der Waals surface area (Å²) < 4.78 is 5.38. The van der Waals surface area contributed by atoms with Crippen LogP contribution in [0.15, 0.2) is 40.0 Å². The molecule has 0 aromatic carbocycles. The van der Waals surface area contributed by atoms with Crippen molar-refractivity contribution in [2.45, 2.75) is 46.2 Å². The van der Waals surface area contributed by atoms with Gasteiger partial charge in [-0.25, -0.2) is 4.99 Å². The van der Waals surface area contributed by atoms with Crippen molar-refractivity contribution < 1.29 is 4.42 Å². The van der Waals surface area contributed by atoms with Gasteiger partial charge in [-0.3, -0.25) is 4.90 Å². The van der Waals surface area contributed by atoms with Crippen molar-refractivity contribution in [3.05, 3.63) is 36.3 Å². The number of hydrogen-bond donors (Lipinski definition) is 2. The fourth-order valence-electron chi connectivity index (χ4n) is 2.91. The van der Waals surface area contributed by atoms with E-state index >= 15 is 0 Å². The Kier molecular flexibility index (Phi) is 6.91. The van der Waals surface area contributed by atoms with Crippen LogP contribution in [0.2, 0.25) is 0 Å². The van der Waals surface area contributed by atoms with Crippen molar-refractivity contribution in [3.8, 4) is 0 Å². The number of nitrogens with one attached hydrogen (secondary N) is 2. The van der Waals surface area contributed by atoms with Crippen LogP contribution in [-0.4, -0.2) is 49.1 Å². The molecule has 0 amide bonds. The lowest BCUT2D eigenvalue weighted by Crippen LogP contribution is -2.47. The third kappa shape index (κ3) is 5.71. The maximum atomic E-state index is 5.38. The normalized spacial score (nSPS) is 22.1. The lowest BCUT2D eigenvalue weighted by atomic mass is 10.1. The Bertz CT molecular complexity index is 536. The van der Waals surface area contributed by atoms with E-state index in [2.05, 4.69) is 47.9 Å². The van der Waals surface area contributed by atoms with Gasteiger partial charge in [-0.05, 0) is 38.8 Å². The van der Waals surface area contributed by atoms with Crippen LogP contribution in [0.3, 0.4) is 0 Å². The first-order valence-corrected chi connectivity index (χ1v) is 8.91. The summed E-state index contributed by atoms with van der Waals surface area (Å²) in [7, 11) is 0. The van der Waals surface area contributed by atoms with Crippen molar-refractivity contribution in [2.24, 2.45) is 10.9 Å². The van der Waals surface area contributed by atoms with Gasteiger partial charge in [0.2, 0.25) is 0 Å². The number of nitrogens with zero attached hydrogens (tertiary/aromatic N) is 2. The van der Waals surface area contributed by atoms with Crippen LogP contribution < -0.4 is 10.6 Å². The number of hydrogen-bond acceptors (Lipinski definition) is 3. The Hall–Kier alpha value is -1.75. The summed E-state index contributed by atoms with van der Waals surface area (Å²) in [5, 5.41) is 7.04. The van der Waals surface area contributed by atoms with Crippen LogP contribution in [0.4, 0.5) is 0 Å². The second kappa shape index (κ2) is 8.92. The SMILES string of the molecule is C=C(C)CN=C(NCCc1ccco1)NC1CN(C(C)C)CC1C. The molecule has 1 saturated heterocycles. The first-order valence-electron chi connectivity index (χ1n) is 8.91. The van der Waals surface area contributed by atoms with Gasteiger partial charge in [0.25, 0.3) is 0 Å². The predicted molar refractivity (Wildman–Crippen MR) is 100 cm³/mol. The molecule has 5 nitrogen and oxygen atoms in total. The molecule has 2 atom stereocenters. The smallest absolute Gasteiger partial charge is 0.191 e. The Morgan fingerprint density at radius 3 is 2.83 bits per heavy atom. The van der Waals surface area contributed by atoms with Gasteiger partial charge in [-0.15, -0.1) is 0 Å². The molecule has 1 aliphatic rings. The minimum atomic E-state index is 0.424. The van der Waals surface area contributed by atoms with E-state index in [4.69, 9.17) is 4.42 Å². The lowest BCUT2D eigenvalue weighted by molar-refractivity contribution is 0.265. The molecule has 0 bridgehead atoms. The van der Waals surface area contributed by atoms with Gasteiger partial charge >= 0.3 is 0 Å². The van der Waals surface area contributed by atoms with Gasteiger partial charge in [0, 0.05) is 38.1 Å². The van der Waals surface area contributed by atoms with Crippen molar-refractivity contribution in [1.29, 1.82) is 0 Å². The van der Waals surface area contributed by atoms with Crippen LogP contribution >= 0.6 is 0 Å². The van der Waals surface area contributed by atoms with E-state index in [1.807, 2.05) is 19.1 Å². The molecule has 24 heavy (non-hydrogen) atoms. The standard InChI is InChI=1S/C19H32N4O/c1-14(2)11-21-19(20-9-8-17-7-6-10-24-17)22-18-13-23(15(3)4)12-16(18)5/h6-7,10,15-16,18H,1,8-9,11-13H2,2-5H3,(H2,20,21,22). The van der Waals surface area contributed by atoms with Gasteiger partial charge in [0.05, 0.1) is 12.8 Å². The molecule has 1 fully saturated rings. The third-order valence-electron chi connectivity index (χ3n) is 4.44. The summed E-state index contributed by atoms with van der Waals surface area (Å²) in [5.41, 5.74) is 1.06. The molecule has 0 spiro atoms. The molecule has 2 heterocycles. The average Bonchev–Trinajstić information content (AvgIpc) is 3.15. The second-order valence-electron chi connectivity index (χ2n) is 7.15. The zero-order valence-electron chi connectivity index (χ0n) is 15.5. The highest BCUT2D eigenvalue weighted by Gasteiger charge is 2.31. The molecule has 2 unspecified atom stereocenters. The summed E-state index contributed by atoms with van der Waals surface area (Å²) >= 11 is 0. The van der Waals surface area contributed by atoms with Crippen molar-refractivity contribution in [3.63, 3.8) is 0 Å². The molecule has 1 aromatic rings. The average molecular weight is 332 g/mol. The molecule has 2 N–H and O–H groups in total. The quantitative estimate of drug-likeness (QED) is 0.458. The van der Waals surface area contributed by atoms with Crippen molar-refractivity contribution in [2.75, 3.05) is 26.2 Å². The number of aliphatic imine (C=N–C) groups is 1. The summed E-state index contributed by atoms with van der Waals surface area (Å²) in [6, 6.07) is 4.93. The predicted octanol–water partition coefficient (Wildman–Crippen LogP) is 2.66. The molecular weight excluding hydrogens is 300 g/mol. The van der Waals surface area contributed by atoms with Crippen LogP contribution in [0.25, 0.3) is 0 Å². The zero-order chi connectivity index (χ0) is 17.5. The largest absolute Gasteiger partial charge is 0.469 e. The molecule has 0 aliphatic carbocycles. The fourth-order valence-corrected chi connectivity index (χ4v) is 2.91. The van der Waals surface area contributed by atoms with Crippen LogP contribution in [-0.2, 0) is 6.42 Å². The third-order valence-corrected chi connectivity index (χ3v) is 4.44. The first kappa shape index (κ1) is 18.6. The number of guanidine groups is 1. The maximum absolute atomic E-state index is 5.38. The first-order chi connectivity index (χ1) is 11.5. The van der Waals surface area contributed by atoms with Crippen molar-refractivity contribution in [1.82, 2.24) is 15.5 Å². The molecule has 1 aromatic heterocycles. The molecule has 5 heteroatoms. The van der Waals surface area contributed by atoms with E-state index in [-0.39, 0.29) is 0 Å². The Labute approximate surface area is 146 Å². The van der Waals surface area contributed by atoms with E-state index in [9.17, 15) is 0 Å². The molecule has 134 valence electrons. The Morgan fingerprint density at radius 1 is 1.46 bits per heavy atom. The van der Waals surface area contributed by atoms with E-state index < -0.39 is 0 Å². The topological polar surface area (TPSA) is 52.8 Å². The fraction of sp³-hybridized carbons (Fsp3) is 0.632. The van der Waals surface area contributed by atoms with E-state index in [1.54, 1.807) is 6.26 Å². The molecule has 0 radical (unpaired) electrons. The van der Waals surface area contributed by atoms with Crippen LogP contribution in [0.5, 0.6) is 0 Å². The number of furan rings is 1. The molecular formula is C19H32N4O. The second-order valence-corrected chi connectivity index (χ2v) is 7.15. The molecule has 2 rings (SSSR count). The highest BCUT2D eigenvalue weighted by molar-refractivity contribution is 5.80. The summed E-state index contributed by atoms with van der Waals surface area (Å²) in [5.74, 6) is 2.46. The molecule has 0 saturated carbocycles. The van der Waals surface area contributed by atoms with Crippen LogP contribution in [0.1, 0.15) is 33.5 Å². The van der Waals surface area contributed by atoms with E-state index in [1.165, 1.54) is 0 Å². The van der Waals surface area contributed by atoms with Crippen LogP contribution in [0, 0.1) is 5.92 Å². The van der Waals surface area contributed by atoms with Gasteiger partial charge in [0.1, 0.15) is 5.76 Å². The minimum Gasteiger partial charge on any atom is -0.469 e. The zero-order valence-corrected chi connectivity index (χ0v) is 15.5. The van der Waals surface area contributed by atoms with Gasteiger partial charge < -0.3 is 15.1 Å². The minimum absolute atomic E-state index is 0.424. The molecule has 1 aliphatic heterocycles. The highest BCUT2D eigenvalue weighted by Crippen LogP contribution is 2.18.